The van der Waals surface area contributed by atoms with Crippen molar-refractivity contribution in [2.45, 2.75) is 6.92 Å². The van der Waals surface area contributed by atoms with Gasteiger partial charge in [0.25, 0.3) is 0 Å². The van der Waals surface area contributed by atoms with Crippen LogP contribution in [0.1, 0.15) is 11.1 Å². The van der Waals surface area contributed by atoms with E-state index in [1.54, 1.807) is 14.2 Å². The molecule has 98 valence electrons. The van der Waals surface area contributed by atoms with Crippen molar-refractivity contribution in [2.24, 2.45) is 4.99 Å². The molecule has 19 heavy (non-hydrogen) atoms. The number of aryl methyl sites for hydroxylation is 1. The van der Waals surface area contributed by atoms with E-state index in [-0.39, 0.29) is 0 Å². The lowest BCUT2D eigenvalue weighted by Gasteiger charge is -2.07. The predicted molar refractivity (Wildman–Crippen MR) is 78.0 cm³/mol. The molecule has 0 amide bonds. The van der Waals surface area contributed by atoms with Crippen LogP contribution in [0.25, 0.3) is 0 Å². The van der Waals surface area contributed by atoms with Crippen molar-refractivity contribution in [3.8, 4) is 11.5 Å². The van der Waals surface area contributed by atoms with Gasteiger partial charge in [-0.05, 0) is 42.8 Å². The lowest BCUT2D eigenvalue weighted by atomic mass is 10.2. The Morgan fingerprint density at radius 2 is 1.58 bits per heavy atom. The molecule has 2 aromatic carbocycles. The topological polar surface area (TPSA) is 30.8 Å². The third kappa shape index (κ3) is 3.35. The van der Waals surface area contributed by atoms with E-state index in [1.165, 1.54) is 5.56 Å². The summed E-state index contributed by atoms with van der Waals surface area (Å²) in [6.07, 6.45) is 1.81. The fourth-order valence-corrected chi connectivity index (χ4v) is 1.71. The first kappa shape index (κ1) is 13.1. The van der Waals surface area contributed by atoms with E-state index in [0.717, 1.165) is 17.0 Å². The molecule has 0 aliphatic carbocycles. The van der Waals surface area contributed by atoms with Crippen LogP contribution in [-0.2, 0) is 0 Å². The van der Waals surface area contributed by atoms with E-state index >= 15 is 0 Å². The number of benzene rings is 2. The van der Waals surface area contributed by atoms with Crippen LogP contribution in [0.4, 0.5) is 5.69 Å². The number of rotatable bonds is 4. The molecule has 0 heterocycles. The van der Waals surface area contributed by atoms with Crippen molar-refractivity contribution in [3.05, 3.63) is 53.6 Å². The molecule has 0 spiro atoms. The maximum Gasteiger partial charge on any atom is 0.161 e. The van der Waals surface area contributed by atoms with Crippen LogP contribution in [-0.4, -0.2) is 20.4 Å². The summed E-state index contributed by atoms with van der Waals surface area (Å²) in [5, 5.41) is 0. The molecule has 3 heteroatoms. The van der Waals surface area contributed by atoms with Gasteiger partial charge in [-0.2, -0.15) is 0 Å². The van der Waals surface area contributed by atoms with Crippen LogP contribution >= 0.6 is 0 Å². The van der Waals surface area contributed by atoms with E-state index in [2.05, 4.69) is 11.9 Å². The third-order valence-corrected chi connectivity index (χ3v) is 2.80. The minimum atomic E-state index is 0.704. The Hall–Kier alpha value is -2.29. The van der Waals surface area contributed by atoms with Crippen LogP contribution < -0.4 is 9.47 Å². The molecule has 3 nitrogen and oxygen atoms in total. The van der Waals surface area contributed by atoms with Gasteiger partial charge in [-0.1, -0.05) is 17.7 Å². The van der Waals surface area contributed by atoms with Gasteiger partial charge in [0.2, 0.25) is 0 Å². The lowest BCUT2D eigenvalue weighted by Crippen LogP contribution is -1.91. The number of methoxy groups -OCH3 is 2. The van der Waals surface area contributed by atoms with Crippen molar-refractivity contribution in [2.75, 3.05) is 14.2 Å². The Kier molecular flexibility index (Phi) is 4.18. The summed E-state index contributed by atoms with van der Waals surface area (Å²) in [6, 6.07) is 13.8. The van der Waals surface area contributed by atoms with E-state index in [0.29, 0.717) is 5.75 Å². The highest BCUT2D eigenvalue weighted by molar-refractivity contribution is 5.83. The number of ether oxygens (including phenoxy) is 2. The third-order valence-electron chi connectivity index (χ3n) is 2.80. The second kappa shape index (κ2) is 6.05. The average molecular weight is 255 g/mol. The standard InChI is InChI=1S/C16H17NO2/c1-12-4-7-14(8-5-12)17-11-13-6-9-15(18-2)16(10-13)19-3/h4-11H,1-3H3. The van der Waals surface area contributed by atoms with Gasteiger partial charge in [-0.15, -0.1) is 0 Å². The largest absolute Gasteiger partial charge is 0.493 e. The Bertz CT molecular complexity index is 574. The van der Waals surface area contributed by atoms with Gasteiger partial charge >= 0.3 is 0 Å². The zero-order valence-corrected chi connectivity index (χ0v) is 11.4. The molecule has 0 bridgehead atoms. The second-order valence-corrected chi connectivity index (χ2v) is 4.21. The minimum absolute atomic E-state index is 0.704. The Morgan fingerprint density at radius 3 is 2.21 bits per heavy atom. The first-order valence-corrected chi connectivity index (χ1v) is 6.05. The highest BCUT2D eigenvalue weighted by Crippen LogP contribution is 2.27. The molecule has 0 N–H and O–H groups in total. The van der Waals surface area contributed by atoms with Gasteiger partial charge in [0.05, 0.1) is 19.9 Å². The van der Waals surface area contributed by atoms with Gasteiger partial charge in [-0.3, -0.25) is 4.99 Å². The predicted octanol–water partition coefficient (Wildman–Crippen LogP) is 3.76. The molecule has 0 aliphatic rings. The van der Waals surface area contributed by atoms with E-state index in [9.17, 15) is 0 Å². The highest BCUT2D eigenvalue weighted by atomic mass is 16.5. The normalized spacial score (nSPS) is 10.7. The smallest absolute Gasteiger partial charge is 0.161 e. The van der Waals surface area contributed by atoms with Crippen molar-refractivity contribution in [1.29, 1.82) is 0 Å². The molecular formula is C16H17NO2. The molecule has 0 aromatic heterocycles. The summed E-state index contributed by atoms with van der Waals surface area (Å²) in [5.74, 6) is 1.42. The fourth-order valence-electron chi connectivity index (χ4n) is 1.71. The maximum absolute atomic E-state index is 5.26. The van der Waals surface area contributed by atoms with E-state index in [4.69, 9.17) is 9.47 Å². The quantitative estimate of drug-likeness (QED) is 0.779. The minimum Gasteiger partial charge on any atom is -0.493 e. The molecule has 2 aromatic rings. The molecule has 0 radical (unpaired) electrons. The van der Waals surface area contributed by atoms with Crippen molar-refractivity contribution >= 4 is 11.9 Å². The number of nitrogens with zero attached hydrogens (tertiary/aromatic N) is 1. The first-order chi connectivity index (χ1) is 9.22. The van der Waals surface area contributed by atoms with Crippen molar-refractivity contribution in [3.63, 3.8) is 0 Å². The molecule has 0 aliphatic heterocycles. The highest BCUT2D eigenvalue weighted by Gasteiger charge is 2.02. The van der Waals surface area contributed by atoms with Gasteiger partial charge in [0.1, 0.15) is 0 Å². The Morgan fingerprint density at radius 1 is 0.895 bits per heavy atom. The summed E-state index contributed by atoms with van der Waals surface area (Å²) < 4.78 is 10.5. The van der Waals surface area contributed by atoms with E-state index < -0.39 is 0 Å². The summed E-state index contributed by atoms with van der Waals surface area (Å²) in [6.45, 7) is 2.06. The summed E-state index contributed by atoms with van der Waals surface area (Å²) in [5.41, 5.74) is 3.13. The maximum atomic E-state index is 5.26. The van der Waals surface area contributed by atoms with Crippen molar-refractivity contribution in [1.82, 2.24) is 0 Å². The van der Waals surface area contributed by atoms with Gasteiger partial charge < -0.3 is 9.47 Å². The molecule has 0 saturated carbocycles. The molecule has 0 fully saturated rings. The zero-order chi connectivity index (χ0) is 13.7. The van der Waals surface area contributed by atoms with Crippen molar-refractivity contribution < 1.29 is 9.47 Å². The van der Waals surface area contributed by atoms with E-state index in [1.807, 2.05) is 48.7 Å². The second-order valence-electron chi connectivity index (χ2n) is 4.21. The summed E-state index contributed by atoms with van der Waals surface area (Å²) in [4.78, 5) is 4.43. The summed E-state index contributed by atoms with van der Waals surface area (Å²) in [7, 11) is 3.25. The molecule has 0 saturated heterocycles. The number of hydrogen-bond acceptors (Lipinski definition) is 3. The SMILES string of the molecule is COc1ccc(C=Nc2ccc(C)cc2)cc1OC. The molecule has 0 unspecified atom stereocenters. The molecule has 2 rings (SSSR count). The van der Waals surface area contributed by atoms with Crippen LogP contribution in [0.3, 0.4) is 0 Å². The monoisotopic (exact) mass is 255 g/mol. The zero-order valence-electron chi connectivity index (χ0n) is 11.4. The van der Waals surface area contributed by atoms with Gasteiger partial charge in [0, 0.05) is 6.21 Å². The number of aliphatic imine (C=N–C) groups is 1. The Balaban J connectivity index is 2.21. The van der Waals surface area contributed by atoms with Crippen LogP contribution in [0.15, 0.2) is 47.5 Å². The fraction of sp³-hybridized carbons (Fsp3) is 0.188. The van der Waals surface area contributed by atoms with Crippen LogP contribution in [0.5, 0.6) is 11.5 Å². The van der Waals surface area contributed by atoms with Gasteiger partial charge in [0.15, 0.2) is 11.5 Å². The van der Waals surface area contributed by atoms with Crippen LogP contribution in [0.2, 0.25) is 0 Å². The van der Waals surface area contributed by atoms with Gasteiger partial charge in [-0.25, -0.2) is 0 Å². The molecule has 0 atom stereocenters. The Labute approximate surface area is 113 Å². The molecular weight excluding hydrogens is 238 g/mol. The number of hydrogen-bond donors (Lipinski definition) is 0. The summed E-state index contributed by atoms with van der Waals surface area (Å²) >= 11 is 0. The lowest BCUT2D eigenvalue weighted by molar-refractivity contribution is 0.355. The van der Waals surface area contributed by atoms with Crippen LogP contribution in [0, 0.1) is 6.92 Å². The average Bonchev–Trinajstić information content (AvgIpc) is 2.46. The first-order valence-electron chi connectivity index (χ1n) is 6.05.